The van der Waals surface area contributed by atoms with Gasteiger partial charge in [-0.3, -0.25) is 4.79 Å². The third-order valence-corrected chi connectivity index (χ3v) is 4.77. The highest BCUT2D eigenvalue weighted by atomic mass is 79.9. The van der Waals surface area contributed by atoms with Gasteiger partial charge in [-0.2, -0.15) is 4.68 Å². The monoisotopic (exact) mass is 469 g/mol. The summed E-state index contributed by atoms with van der Waals surface area (Å²) in [7, 11) is 0. The van der Waals surface area contributed by atoms with Crippen molar-refractivity contribution in [2.24, 2.45) is 0 Å². The zero-order valence-corrected chi connectivity index (χ0v) is 17.1. The minimum Gasteiger partial charge on any atom is -0.465 e. The first-order chi connectivity index (χ1) is 14.1. The van der Waals surface area contributed by atoms with Crippen LogP contribution in [0.2, 0.25) is 5.02 Å². The van der Waals surface area contributed by atoms with Crippen molar-refractivity contribution in [3.8, 4) is 11.4 Å². The summed E-state index contributed by atoms with van der Waals surface area (Å²) in [5, 5.41) is 15.0. The molecule has 1 N–H and O–H groups in total. The van der Waals surface area contributed by atoms with Gasteiger partial charge in [0, 0.05) is 16.1 Å². The molecule has 9 heteroatoms. The number of rotatable bonds is 5. The third-order valence-electron chi connectivity index (χ3n) is 3.96. The molecule has 0 fully saturated rings. The Kier molecular flexibility index (Phi) is 5.55. The summed E-state index contributed by atoms with van der Waals surface area (Å²) in [6, 6.07) is 18.0. The van der Waals surface area contributed by atoms with E-state index in [1.54, 1.807) is 36.4 Å². The number of furan rings is 1. The first-order valence-electron chi connectivity index (χ1n) is 8.47. The number of amides is 1. The van der Waals surface area contributed by atoms with E-state index in [9.17, 15) is 4.79 Å². The third kappa shape index (κ3) is 4.28. The minimum atomic E-state index is -0.449. The highest BCUT2D eigenvalue weighted by molar-refractivity contribution is 9.10. The highest BCUT2D eigenvalue weighted by Crippen LogP contribution is 2.27. The summed E-state index contributed by atoms with van der Waals surface area (Å²) in [5.41, 5.74) is 1.39. The molecule has 0 radical (unpaired) electrons. The summed E-state index contributed by atoms with van der Waals surface area (Å²) < 4.78 is 7.54. The maximum atomic E-state index is 13.2. The van der Waals surface area contributed by atoms with Gasteiger partial charge in [0.25, 0.3) is 5.91 Å². The van der Waals surface area contributed by atoms with Crippen LogP contribution in [0.1, 0.15) is 5.76 Å². The van der Waals surface area contributed by atoms with Crippen molar-refractivity contribution in [1.82, 2.24) is 20.2 Å². The van der Waals surface area contributed by atoms with Crippen LogP contribution in [-0.2, 0) is 4.79 Å². The van der Waals surface area contributed by atoms with Crippen LogP contribution in [0.25, 0.3) is 23.2 Å². The normalized spacial score (nSPS) is 11.4. The molecule has 144 valence electrons. The Bertz CT molecular complexity index is 1170. The summed E-state index contributed by atoms with van der Waals surface area (Å²) >= 11 is 9.59. The molecule has 0 atom stereocenters. The molecule has 1 amide bonds. The van der Waals surface area contributed by atoms with E-state index in [0.717, 1.165) is 10.0 Å². The van der Waals surface area contributed by atoms with Gasteiger partial charge in [-0.15, -0.1) is 5.10 Å². The SMILES string of the molecule is O=C(Nc1ccc(Br)cc1Cl)/C(=C\c1ccco1)n1nnnc1-c1ccccc1. The fourth-order valence-corrected chi connectivity index (χ4v) is 3.35. The van der Waals surface area contributed by atoms with E-state index in [-0.39, 0.29) is 5.70 Å². The lowest BCUT2D eigenvalue weighted by Gasteiger charge is -2.11. The van der Waals surface area contributed by atoms with Gasteiger partial charge in [0.05, 0.1) is 17.0 Å². The number of nitrogens with one attached hydrogen (secondary N) is 1. The van der Waals surface area contributed by atoms with Gasteiger partial charge in [-0.1, -0.05) is 57.9 Å². The lowest BCUT2D eigenvalue weighted by molar-refractivity contribution is -0.111. The minimum absolute atomic E-state index is 0.169. The Morgan fingerprint density at radius 2 is 1.97 bits per heavy atom. The zero-order valence-electron chi connectivity index (χ0n) is 14.8. The van der Waals surface area contributed by atoms with Gasteiger partial charge >= 0.3 is 0 Å². The number of hydrogen-bond acceptors (Lipinski definition) is 5. The summed E-state index contributed by atoms with van der Waals surface area (Å²) in [5.74, 6) is 0.446. The predicted octanol–water partition coefficient (Wildman–Crippen LogP) is 4.99. The molecule has 0 unspecified atom stereocenters. The smallest absolute Gasteiger partial charge is 0.274 e. The van der Waals surface area contributed by atoms with E-state index in [2.05, 4.69) is 36.8 Å². The number of anilines is 1. The number of benzene rings is 2. The average molecular weight is 471 g/mol. The summed E-state index contributed by atoms with van der Waals surface area (Å²) in [6.07, 6.45) is 3.08. The van der Waals surface area contributed by atoms with Gasteiger partial charge in [0.2, 0.25) is 0 Å². The van der Waals surface area contributed by atoms with E-state index >= 15 is 0 Å². The first-order valence-corrected chi connectivity index (χ1v) is 9.65. The molecule has 4 rings (SSSR count). The summed E-state index contributed by atoms with van der Waals surface area (Å²) in [4.78, 5) is 13.2. The molecule has 0 aliphatic carbocycles. The number of nitrogens with zero attached hydrogens (tertiary/aromatic N) is 4. The van der Waals surface area contributed by atoms with E-state index < -0.39 is 5.91 Å². The molecule has 0 saturated heterocycles. The Labute approximate surface area is 179 Å². The zero-order chi connectivity index (χ0) is 20.2. The quantitative estimate of drug-likeness (QED) is 0.416. The second-order valence-electron chi connectivity index (χ2n) is 5.90. The molecular formula is C20H13BrClN5O2. The Morgan fingerprint density at radius 1 is 1.14 bits per heavy atom. The number of hydrogen-bond donors (Lipinski definition) is 1. The second kappa shape index (κ2) is 8.42. The van der Waals surface area contributed by atoms with Gasteiger partial charge < -0.3 is 9.73 Å². The maximum Gasteiger partial charge on any atom is 0.274 e. The van der Waals surface area contributed by atoms with Crippen LogP contribution < -0.4 is 5.32 Å². The fourth-order valence-electron chi connectivity index (χ4n) is 2.62. The molecule has 0 spiro atoms. The number of tetrazole rings is 1. The highest BCUT2D eigenvalue weighted by Gasteiger charge is 2.20. The van der Waals surface area contributed by atoms with Gasteiger partial charge in [0.1, 0.15) is 11.5 Å². The van der Waals surface area contributed by atoms with Crippen molar-refractivity contribution in [3.63, 3.8) is 0 Å². The second-order valence-corrected chi connectivity index (χ2v) is 7.23. The molecule has 0 bridgehead atoms. The van der Waals surface area contributed by atoms with E-state index in [4.69, 9.17) is 16.0 Å². The lowest BCUT2D eigenvalue weighted by Crippen LogP contribution is -2.19. The Hall–Kier alpha value is -3.23. The topological polar surface area (TPSA) is 85.8 Å². The van der Waals surface area contributed by atoms with E-state index in [0.29, 0.717) is 22.3 Å². The molecule has 4 aromatic rings. The van der Waals surface area contributed by atoms with Crippen molar-refractivity contribution in [3.05, 3.63) is 82.2 Å². The lowest BCUT2D eigenvalue weighted by atomic mass is 10.2. The predicted molar refractivity (Wildman–Crippen MR) is 114 cm³/mol. The van der Waals surface area contributed by atoms with Crippen LogP contribution in [0.5, 0.6) is 0 Å². The standard InChI is InChI=1S/C20H13BrClN5O2/c21-14-8-9-17(16(22)11-14)23-20(28)18(12-15-7-4-10-29-15)27-19(24-25-26-27)13-5-2-1-3-6-13/h1-12H,(H,23,28)/b18-12+. The first kappa shape index (κ1) is 19.1. The van der Waals surface area contributed by atoms with Crippen LogP contribution in [-0.4, -0.2) is 26.1 Å². The molecule has 7 nitrogen and oxygen atoms in total. The van der Waals surface area contributed by atoms with Crippen LogP contribution >= 0.6 is 27.5 Å². The average Bonchev–Trinajstić information content (AvgIpc) is 3.40. The van der Waals surface area contributed by atoms with Crippen LogP contribution in [0.4, 0.5) is 5.69 Å². The molecule has 0 aliphatic rings. The van der Waals surface area contributed by atoms with Crippen molar-refractivity contribution < 1.29 is 9.21 Å². The van der Waals surface area contributed by atoms with Gasteiger partial charge in [0.15, 0.2) is 5.82 Å². The van der Waals surface area contributed by atoms with E-state index in [1.165, 1.54) is 10.9 Å². The van der Waals surface area contributed by atoms with Crippen molar-refractivity contribution in [2.45, 2.75) is 0 Å². The summed E-state index contributed by atoms with van der Waals surface area (Å²) in [6.45, 7) is 0. The molecule has 0 aliphatic heterocycles. The fraction of sp³-hybridized carbons (Fsp3) is 0. The molecule has 2 aromatic carbocycles. The number of halogens is 2. The molecular weight excluding hydrogens is 458 g/mol. The van der Waals surface area contributed by atoms with Crippen LogP contribution in [0.15, 0.2) is 75.8 Å². The number of carbonyl (C=O) groups is 1. The Morgan fingerprint density at radius 3 is 2.69 bits per heavy atom. The van der Waals surface area contributed by atoms with Gasteiger partial charge in [-0.05, 0) is 40.8 Å². The van der Waals surface area contributed by atoms with Crippen molar-refractivity contribution >= 4 is 50.9 Å². The van der Waals surface area contributed by atoms with E-state index in [1.807, 2.05) is 30.3 Å². The molecule has 2 aromatic heterocycles. The Balaban J connectivity index is 1.76. The molecule has 2 heterocycles. The largest absolute Gasteiger partial charge is 0.465 e. The van der Waals surface area contributed by atoms with Crippen molar-refractivity contribution in [2.75, 3.05) is 5.32 Å². The number of aromatic nitrogens is 4. The van der Waals surface area contributed by atoms with Gasteiger partial charge in [-0.25, -0.2) is 0 Å². The molecule has 0 saturated carbocycles. The molecule has 29 heavy (non-hydrogen) atoms. The van der Waals surface area contributed by atoms with Crippen molar-refractivity contribution in [1.29, 1.82) is 0 Å². The van der Waals surface area contributed by atoms with Crippen LogP contribution in [0, 0.1) is 0 Å². The maximum absolute atomic E-state index is 13.2. The van der Waals surface area contributed by atoms with Crippen LogP contribution in [0.3, 0.4) is 0 Å². The number of carbonyl (C=O) groups excluding carboxylic acids is 1.